The minimum absolute atomic E-state index is 0.0399. The van der Waals surface area contributed by atoms with E-state index >= 15 is 0 Å². The molecule has 2 N–H and O–H groups in total. The zero-order valence-electron chi connectivity index (χ0n) is 13.1. The molecule has 1 heterocycles. The summed E-state index contributed by atoms with van der Waals surface area (Å²) in [5.41, 5.74) is 2.45. The number of aliphatic hydroxyl groups excluding tert-OH is 2. The normalized spacial score (nSPS) is 34.2. The molecule has 4 heteroatoms. The SMILES string of the molecule is CC1(C)O[C@H]2/C(=C(/C#C/C=C/CO)CO)C3=CCCC[C@@]32O1. The molecule has 3 rings (SSSR count). The Morgan fingerprint density at radius 3 is 3.00 bits per heavy atom. The third kappa shape index (κ3) is 2.35. The third-order valence-corrected chi connectivity index (χ3v) is 4.38. The number of allylic oxidation sites excluding steroid dienone is 2. The molecule has 0 aromatic heterocycles. The molecule has 1 saturated heterocycles. The summed E-state index contributed by atoms with van der Waals surface area (Å²) >= 11 is 0. The van der Waals surface area contributed by atoms with Gasteiger partial charge in [0.05, 0.1) is 13.2 Å². The monoisotopic (exact) mass is 302 g/mol. The van der Waals surface area contributed by atoms with Crippen LogP contribution in [0.25, 0.3) is 0 Å². The predicted octanol–water partition coefficient (Wildman–Crippen LogP) is 1.84. The lowest BCUT2D eigenvalue weighted by molar-refractivity contribution is -0.153. The van der Waals surface area contributed by atoms with Crippen molar-refractivity contribution in [2.75, 3.05) is 13.2 Å². The number of aliphatic hydroxyl groups is 2. The lowest BCUT2D eigenvalue weighted by Gasteiger charge is -2.49. The Hall–Kier alpha value is -1.38. The Morgan fingerprint density at radius 2 is 2.27 bits per heavy atom. The molecule has 2 aliphatic carbocycles. The molecule has 0 amide bonds. The van der Waals surface area contributed by atoms with Crippen LogP contribution in [0.4, 0.5) is 0 Å². The lowest BCUT2D eigenvalue weighted by atomic mass is 9.61. The number of ether oxygens (including phenoxy) is 2. The molecule has 2 atom stereocenters. The first-order chi connectivity index (χ1) is 10.5. The standard InChI is InChI=1S/C18H22O4/c1-17(2)21-16-15(13(12-20)8-4-3-7-11-19)14-9-5-6-10-18(14,16)22-17/h3,7,9,16,19-20H,5-6,10-12H2,1-2H3/b7-3+,15-13-/t16-,18+/m0/s1. The molecule has 0 radical (unpaired) electrons. The molecular formula is C18H22O4. The van der Waals surface area contributed by atoms with Gasteiger partial charge in [0, 0.05) is 11.1 Å². The van der Waals surface area contributed by atoms with Crippen molar-refractivity contribution in [2.24, 2.45) is 0 Å². The highest BCUT2D eigenvalue weighted by Crippen LogP contribution is 2.60. The van der Waals surface area contributed by atoms with Crippen molar-refractivity contribution in [3.05, 3.63) is 34.9 Å². The Kier molecular flexibility index (Phi) is 4.00. The summed E-state index contributed by atoms with van der Waals surface area (Å²) in [6.07, 6.45) is 8.27. The van der Waals surface area contributed by atoms with Crippen LogP contribution in [0.1, 0.15) is 33.1 Å². The molecule has 2 fully saturated rings. The van der Waals surface area contributed by atoms with E-state index in [1.54, 1.807) is 12.2 Å². The van der Waals surface area contributed by atoms with Gasteiger partial charge in [-0.25, -0.2) is 0 Å². The Balaban J connectivity index is 1.99. The topological polar surface area (TPSA) is 58.9 Å². The van der Waals surface area contributed by atoms with Gasteiger partial charge in [0.2, 0.25) is 0 Å². The summed E-state index contributed by atoms with van der Waals surface area (Å²) in [7, 11) is 0. The van der Waals surface area contributed by atoms with Crippen LogP contribution in [-0.4, -0.2) is 40.9 Å². The van der Waals surface area contributed by atoms with Gasteiger partial charge in [0.25, 0.3) is 0 Å². The number of hydrogen-bond donors (Lipinski definition) is 2. The van der Waals surface area contributed by atoms with E-state index in [1.807, 2.05) is 13.8 Å². The predicted molar refractivity (Wildman–Crippen MR) is 82.8 cm³/mol. The van der Waals surface area contributed by atoms with Gasteiger partial charge in [0.1, 0.15) is 11.7 Å². The molecule has 0 bridgehead atoms. The van der Waals surface area contributed by atoms with Crippen LogP contribution in [0.2, 0.25) is 0 Å². The summed E-state index contributed by atoms with van der Waals surface area (Å²) < 4.78 is 12.3. The zero-order valence-corrected chi connectivity index (χ0v) is 13.1. The summed E-state index contributed by atoms with van der Waals surface area (Å²) in [5.74, 6) is 5.21. The van der Waals surface area contributed by atoms with Gasteiger partial charge in [-0.3, -0.25) is 0 Å². The maximum Gasteiger partial charge on any atom is 0.165 e. The summed E-state index contributed by atoms with van der Waals surface area (Å²) in [5, 5.41) is 18.4. The Morgan fingerprint density at radius 1 is 1.45 bits per heavy atom. The molecule has 1 spiro atoms. The van der Waals surface area contributed by atoms with Gasteiger partial charge >= 0.3 is 0 Å². The fourth-order valence-electron chi connectivity index (χ4n) is 3.64. The summed E-state index contributed by atoms with van der Waals surface area (Å²) in [4.78, 5) is 0. The molecule has 118 valence electrons. The van der Waals surface area contributed by atoms with Crippen LogP contribution < -0.4 is 0 Å². The average molecular weight is 302 g/mol. The van der Waals surface area contributed by atoms with Crippen LogP contribution >= 0.6 is 0 Å². The van der Waals surface area contributed by atoms with Gasteiger partial charge < -0.3 is 19.7 Å². The first-order valence-electron chi connectivity index (χ1n) is 7.74. The third-order valence-electron chi connectivity index (χ3n) is 4.38. The first kappa shape index (κ1) is 15.5. The minimum atomic E-state index is -0.617. The number of rotatable bonds is 2. The smallest absolute Gasteiger partial charge is 0.165 e. The summed E-state index contributed by atoms with van der Waals surface area (Å²) in [6, 6.07) is 0. The maximum absolute atomic E-state index is 9.70. The molecule has 1 saturated carbocycles. The van der Waals surface area contributed by atoms with Gasteiger partial charge in [-0.15, -0.1) is 0 Å². The van der Waals surface area contributed by atoms with Crippen molar-refractivity contribution in [3.8, 4) is 11.8 Å². The first-order valence-corrected chi connectivity index (χ1v) is 7.74. The van der Waals surface area contributed by atoms with Crippen molar-refractivity contribution in [1.29, 1.82) is 0 Å². The van der Waals surface area contributed by atoms with E-state index in [-0.39, 0.29) is 24.9 Å². The highest BCUT2D eigenvalue weighted by atomic mass is 16.8. The van der Waals surface area contributed by atoms with Crippen molar-refractivity contribution in [2.45, 2.75) is 50.6 Å². The lowest BCUT2D eigenvalue weighted by Crippen LogP contribution is -2.55. The molecule has 22 heavy (non-hydrogen) atoms. The van der Waals surface area contributed by atoms with Crippen molar-refractivity contribution in [3.63, 3.8) is 0 Å². The van der Waals surface area contributed by atoms with E-state index in [0.29, 0.717) is 5.57 Å². The van der Waals surface area contributed by atoms with E-state index in [0.717, 1.165) is 30.4 Å². The van der Waals surface area contributed by atoms with E-state index in [1.165, 1.54) is 0 Å². The second-order valence-electron chi connectivity index (χ2n) is 6.30. The van der Waals surface area contributed by atoms with Crippen molar-refractivity contribution in [1.82, 2.24) is 0 Å². The second-order valence-corrected chi connectivity index (χ2v) is 6.30. The highest BCUT2D eigenvalue weighted by molar-refractivity contribution is 5.62. The molecular weight excluding hydrogens is 280 g/mol. The largest absolute Gasteiger partial charge is 0.392 e. The molecule has 0 aromatic carbocycles. The zero-order chi connectivity index (χ0) is 15.8. The van der Waals surface area contributed by atoms with Crippen LogP contribution in [-0.2, 0) is 9.47 Å². The quantitative estimate of drug-likeness (QED) is 0.764. The second kappa shape index (κ2) is 5.68. The highest BCUT2D eigenvalue weighted by Gasteiger charge is 2.66. The fraction of sp³-hybridized carbons (Fsp3) is 0.556. The molecule has 0 aromatic rings. The molecule has 1 aliphatic heterocycles. The van der Waals surface area contributed by atoms with Gasteiger partial charge in [0.15, 0.2) is 5.79 Å². The Bertz CT molecular complexity index is 615. The van der Waals surface area contributed by atoms with Gasteiger partial charge in [-0.2, -0.15) is 0 Å². The minimum Gasteiger partial charge on any atom is -0.392 e. The number of hydrogen-bond acceptors (Lipinski definition) is 4. The van der Waals surface area contributed by atoms with Crippen LogP contribution in [0.15, 0.2) is 34.9 Å². The van der Waals surface area contributed by atoms with Gasteiger partial charge in [-0.05, 0) is 44.8 Å². The average Bonchev–Trinajstić information content (AvgIpc) is 2.69. The Labute approximate surface area is 131 Å². The van der Waals surface area contributed by atoms with E-state index in [9.17, 15) is 5.11 Å². The van der Waals surface area contributed by atoms with Gasteiger partial charge in [-0.1, -0.05) is 24.0 Å². The van der Waals surface area contributed by atoms with Crippen molar-refractivity contribution < 1.29 is 19.7 Å². The van der Waals surface area contributed by atoms with Crippen LogP contribution in [0.5, 0.6) is 0 Å². The van der Waals surface area contributed by atoms with Crippen molar-refractivity contribution >= 4 is 0 Å². The molecule has 3 aliphatic rings. The summed E-state index contributed by atoms with van der Waals surface area (Å²) in [6.45, 7) is 3.70. The molecule has 4 nitrogen and oxygen atoms in total. The molecule has 0 unspecified atom stereocenters. The fourth-order valence-corrected chi connectivity index (χ4v) is 3.64. The van der Waals surface area contributed by atoms with E-state index in [4.69, 9.17) is 14.6 Å². The maximum atomic E-state index is 9.70. The van der Waals surface area contributed by atoms with Crippen LogP contribution in [0.3, 0.4) is 0 Å². The van der Waals surface area contributed by atoms with Crippen LogP contribution in [0, 0.1) is 11.8 Å². The van der Waals surface area contributed by atoms with E-state index in [2.05, 4.69) is 17.9 Å². The van der Waals surface area contributed by atoms with E-state index < -0.39 is 5.79 Å².